The van der Waals surface area contributed by atoms with E-state index in [4.69, 9.17) is 4.42 Å². The number of hydrogen-bond donors (Lipinski definition) is 1. The van der Waals surface area contributed by atoms with Gasteiger partial charge in [-0.05, 0) is 38.1 Å². The molecule has 0 atom stereocenters. The number of halogens is 1. The van der Waals surface area contributed by atoms with Crippen LogP contribution in [0, 0.1) is 13.8 Å². The van der Waals surface area contributed by atoms with Crippen LogP contribution >= 0.6 is 27.3 Å². The lowest BCUT2D eigenvalue weighted by Gasteiger charge is -2.08. The lowest BCUT2D eigenvalue weighted by molar-refractivity contribution is 0.102. The van der Waals surface area contributed by atoms with Gasteiger partial charge in [0.2, 0.25) is 0 Å². The molecule has 3 aromatic heterocycles. The molecule has 0 aliphatic rings. The molecular weight excluding hydrogens is 434 g/mol. The van der Waals surface area contributed by atoms with E-state index in [0.717, 1.165) is 10.2 Å². The highest BCUT2D eigenvalue weighted by Crippen LogP contribution is 2.20. The summed E-state index contributed by atoms with van der Waals surface area (Å²) in [5, 5.41) is 4.92. The van der Waals surface area contributed by atoms with Crippen LogP contribution in [0.15, 0.2) is 48.1 Å². The third-order valence-electron chi connectivity index (χ3n) is 4.10. The maximum atomic E-state index is 12.7. The van der Waals surface area contributed by atoms with Crippen LogP contribution in [0.25, 0.3) is 15.9 Å². The molecule has 1 amide bonds. The number of hydrogen-bond acceptors (Lipinski definition) is 6. The summed E-state index contributed by atoms with van der Waals surface area (Å²) in [5.74, 6) is -0.722. The van der Waals surface area contributed by atoms with Gasteiger partial charge in [-0.2, -0.15) is 0 Å². The molecule has 3 heterocycles. The molecule has 136 valence electrons. The number of aromatic nitrogens is 2. The number of aryl methyl sites for hydroxylation is 2. The van der Waals surface area contributed by atoms with Gasteiger partial charge in [0, 0.05) is 20.9 Å². The minimum atomic E-state index is -0.777. The Morgan fingerprint density at radius 2 is 2.04 bits per heavy atom. The van der Waals surface area contributed by atoms with Crippen LogP contribution in [-0.2, 0) is 0 Å². The Labute approximate surface area is 164 Å². The van der Waals surface area contributed by atoms with Gasteiger partial charge in [0.25, 0.3) is 11.5 Å². The van der Waals surface area contributed by atoms with Crippen LogP contribution in [0.4, 0.5) is 5.69 Å². The number of nitrogens with one attached hydrogen (secondary N) is 1. The van der Waals surface area contributed by atoms with E-state index in [0.29, 0.717) is 21.6 Å². The van der Waals surface area contributed by atoms with Crippen molar-refractivity contribution < 1.29 is 9.21 Å². The second-order valence-electron chi connectivity index (χ2n) is 5.96. The van der Waals surface area contributed by atoms with Gasteiger partial charge in [0.05, 0.1) is 5.69 Å². The number of rotatable bonds is 2. The zero-order valence-electron chi connectivity index (χ0n) is 14.2. The van der Waals surface area contributed by atoms with Crippen LogP contribution in [-0.4, -0.2) is 15.3 Å². The van der Waals surface area contributed by atoms with E-state index in [2.05, 4.69) is 26.2 Å². The number of anilines is 1. The highest BCUT2D eigenvalue weighted by atomic mass is 79.9. The summed E-state index contributed by atoms with van der Waals surface area (Å²) >= 11 is 4.68. The Morgan fingerprint density at radius 3 is 2.81 bits per heavy atom. The van der Waals surface area contributed by atoms with Crippen molar-refractivity contribution in [2.75, 3.05) is 5.32 Å². The quantitative estimate of drug-likeness (QED) is 0.476. The molecule has 1 N–H and O–H groups in total. The standard InChI is InChI=1S/C18H12BrN3O4S/c1-8-7-27-18-20-9(2)14(16(24)22(8)18)21-15(23)12-6-10-5-11(19)3-4-13(10)26-17(12)25/h3-7H,1-2H3,(H,21,23). The van der Waals surface area contributed by atoms with E-state index in [1.165, 1.54) is 21.8 Å². The summed E-state index contributed by atoms with van der Waals surface area (Å²) < 4.78 is 7.42. The van der Waals surface area contributed by atoms with E-state index >= 15 is 0 Å². The first-order valence-electron chi connectivity index (χ1n) is 7.87. The summed E-state index contributed by atoms with van der Waals surface area (Å²) in [5.41, 5.74) is 0.145. The van der Waals surface area contributed by atoms with Crippen molar-refractivity contribution in [2.24, 2.45) is 0 Å². The number of amides is 1. The van der Waals surface area contributed by atoms with E-state index in [9.17, 15) is 14.4 Å². The summed E-state index contributed by atoms with van der Waals surface area (Å²) in [6.45, 7) is 3.41. The average Bonchev–Trinajstić information content (AvgIpc) is 2.98. The molecule has 0 unspecified atom stereocenters. The van der Waals surface area contributed by atoms with Gasteiger partial charge in [-0.25, -0.2) is 9.78 Å². The number of fused-ring (bicyclic) bond motifs is 2. The molecule has 0 radical (unpaired) electrons. The lowest BCUT2D eigenvalue weighted by Crippen LogP contribution is -2.27. The number of nitrogens with zero attached hydrogens (tertiary/aromatic N) is 2. The molecule has 27 heavy (non-hydrogen) atoms. The van der Waals surface area contributed by atoms with Gasteiger partial charge in [-0.15, -0.1) is 11.3 Å². The molecule has 0 bridgehead atoms. The third-order valence-corrected chi connectivity index (χ3v) is 5.54. The third kappa shape index (κ3) is 2.98. The van der Waals surface area contributed by atoms with Crippen LogP contribution in [0.2, 0.25) is 0 Å². The number of thiazole rings is 1. The first-order chi connectivity index (χ1) is 12.8. The second-order valence-corrected chi connectivity index (χ2v) is 7.71. The van der Waals surface area contributed by atoms with Gasteiger partial charge < -0.3 is 9.73 Å². The molecule has 0 saturated carbocycles. The summed E-state index contributed by atoms with van der Waals surface area (Å²) in [6.07, 6.45) is 0. The zero-order valence-corrected chi connectivity index (χ0v) is 16.6. The Bertz CT molecular complexity index is 1350. The average molecular weight is 446 g/mol. The molecule has 7 nitrogen and oxygen atoms in total. The molecule has 0 aliphatic carbocycles. The van der Waals surface area contributed by atoms with Crippen molar-refractivity contribution in [1.29, 1.82) is 0 Å². The van der Waals surface area contributed by atoms with Crippen molar-refractivity contribution in [1.82, 2.24) is 9.38 Å². The molecule has 1 aromatic carbocycles. The Kier molecular flexibility index (Phi) is 4.20. The molecule has 4 rings (SSSR count). The highest BCUT2D eigenvalue weighted by Gasteiger charge is 2.19. The summed E-state index contributed by atoms with van der Waals surface area (Å²) in [4.78, 5) is 42.5. The van der Waals surface area contributed by atoms with Crippen molar-refractivity contribution in [2.45, 2.75) is 13.8 Å². The van der Waals surface area contributed by atoms with E-state index in [1.807, 2.05) is 5.38 Å². The van der Waals surface area contributed by atoms with Crippen LogP contribution in [0.3, 0.4) is 0 Å². The normalized spacial score (nSPS) is 11.2. The van der Waals surface area contributed by atoms with Gasteiger partial charge in [-0.3, -0.25) is 14.0 Å². The Hall–Kier alpha value is -2.78. The Morgan fingerprint density at radius 1 is 1.26 bits per heavy atom. The van der Waals surface area contributed by atoms with Crippen molar-refractivity contribution in [3.8, 4) is 0 Å². The molecular formula is C18H12BrN3O4S. The fraction of sp³-hybridized carbons (Fsp3) is 0.111. The monoisotopic (exact) mass is 445 g/mol. The summed E-state index contributed by atoms with van der Waals surface area (Å²) in [6, 6.07) is 6.54. The molecule has 9 heteroatoms. The first-order valence-corrected chi connectivity index (χ1v) is 9.54. The van der Waals surface area contributed by atoms with Gasteiger partial charge >= 0.3 is 5.63 Å². The molecule has 0 spiro atoms. The van der Waals surface area contributed by atoms with Crippen LogP contribution in [0.1, 0.15) is 21.7 Å². The fourth-order valence-electron chi connectivity index (χ4n) is 2.76. The number of carbonyl (C=O) groups excluding carboxylic acids is 1. The van der Waals surface area contributed by atoms with E-state index in [1.54, 1.807) is 32.0 Å². The molecule has 0 fully saturated rings. The van der Waals surface area contributed by atoms with Crippen molar-refractivity contribution in [3.05, 3.63) is 71.8 Å². The largest absolute Gasteiger partial charge is 0.422 e. The highest BCUT2D eigenvalue weighted by molar-refractivity contribution is 9.10. The number of benzene rings is 1. The molecule has 0 saturated heterocycles. The fourth-order valence-corrected chi connectivity index (χ4v) is 4.04. The Balaban J connectivity index is 1.81. The van der Waals surface area contributed by atoms with Gasteiger partial charge in [0.15, 0.2) is 4.96 Å². The first kappa shape index (κ1) is 17.6. The lowest BCUT2D eigenvalue weighted by atomic mass is 10.1. The van der Waals surface area contributed by atoms with Crippen molar-refractivity contribution in [3.63, 3.8) is 0 Å². The molecule has 4 aromatic rings. The van der Waals surface area contributed by atoms with Crippen LogP contribution in [0.5, 0.6) is 0 Å². The SMILES string of the molecule is Cc1nc2scc(C)n2c(=O)c1NC(=O)c1cc2cc(Br)ccc2oc1=O. The summed E-state index contributed by atoms with van der Waals surface area (Å²) in [7, 11) is 0. The maximum Gasteiger partial charge on any atom is 0.349 e. The predicted octanol–water partition coefficient (Wildman–Crippen LogP) is 3.49. The topological polar surface area (TPSA) is 93.7 Å². The number of carbonyl (C=O) groups is 1. The maximum absolute atomic E-state index is 12.7. The minimum Gasteiger partial charge on any atom is -0.422 e. The van der Waals surface area contributed by atoms with Crippen LogP contribution < -0.4 is 16.5 Å². The smallest absolute Gasteiger partial charge is 0.349 e. The van der Waals surface area contributed by atoms with E-state index in [-0.39, 0.29) is 11.3 Å². The van der Waals surface area contributed by atoms with Gasteiger partial charge in [-0.1, -0.05) is 15.9 Å². The molecule has 0 aliphatic heterocycles. The minimum absolute atomic E-state index is 0.0349. The zero-order chi connectivity index (χ0) is 19.3. The predicted molar refractivity (Wildman–Crippen MR) is 107 cm³/mol. The van der Waals surface area contributed by atoms with Crippen molar-refractivity contribution >= 4 is 54.8 Å². The van der Waals surface area contributed by atoms with Gasteiger partial charge in [0.1, 0.15) is 16.8 Å². The second kappa shape index (κ2) is 6.43. The van der Waals surface area contributed by atoms with E-state index < -0.39 is 17.1 Å².